The van der Waals surface area contributed by atoms with Gasteiger partial charge < -0.3 is 24.4 Å². The van der Waals surface area contributed by atoms with Crippen molar-refractivity contribution in [1.82, 2.24) is 4.90 Å². The van der Waals surface area contributed by atoms with Crippen molar-refractivity contribution in [3.63, 3.8) is 0 Å². The van der Waals surface area contributed by atoms with Gasteiger partial charge in [-0.3, -0.25) is 4.90 Å². The highest BCUT2D eigenvalue weighted by Crippen LogP contribution is 2.50. The van der Waals surface area contributed by atoms with Gasteiger partial charge in [0.25, 0.3) is 0 Å². The molecule has 2 aliphatic rings. The Morgan fingerprint density at radius 1 is 0.824 bits per heavy atom. The fraction of sp³-hybridized carbons (Fsp3) is 0.357. The molecule has 0 amide bonds. The van der Waals surface area contributed by atoms with Crippen LogP contribution < -0.4 is 19.3 Å². The van der Waals surface area contributed by atoms with Crippen LogP contribution in [-0.4, -0.2) is 55.9 Å². The highest BCUT2D eigenvalue weighted by molar-refractivity contribution is 5.81. The fourth-order valence-corrected chi connectivity index (χ4v) is 4.82. The molecule has 0 bridgehead atoms. The number of aromatic hydroxyl groups is 1. The quantitative estimate of drug-likeness (QED) is 0.471. The molecule has 0 saturated carbocycles. The van der Waals surface area contributed by atoms with E-state index in [1.807, 2.05) is 36.4 Å². The van der Waals surface area contributed by atoms with Crippen LogP contribution in [0.2, 0.25) is 0 Å². The highest BCUT2D eigenvalue weighted by atomic mass is 16.5. The molecule has 5 rings (SSSR count). The van der Waals surface area contributed by atoms with Crippen LogP contribution >= 0.6 is 0 Å². The van der Waals surface area contributed by atoms with Crippen molar-refractivity contribution in [1.29, 1.82) is 0 Å². The van der Waals surface area contributed by atoms with Gasteiger partial charge in [0.05, 0.1) is 18.0 Å². The Morgan fingerprint density at radius 2 is 1.56 bits per heavy atom. The predicted octanol–water partition coefficient (Wildman–Crippen LogP) is 5.64. The van der Waals surface area contributed by atoms with Crippen LogP contribution in [-0.2, 0) is 0 Å². The molecule has 34 heavy (non-hydrogen) atoms. The van der Waals surface area contributed by atoms with Gasteiger partial charge >= 0.3 is 0 Å². The molecule has 178 valence electrons. The number of hydrogen-bond donors (Lipinski definition) is 1. The lowest BCUT2D eigenvalue weighted by Gasteiger charge is -2.37. The molecule has 0 spiro atoms. The molecule has 0 radical (unpaired) electrons. The smallest absolute Gasteiger partial charge is 0.155 e. The molecule has 6 heteroatoms. The number of fused-ring (bicyclic) bond motifs is 2. The van der Waals surface area contributed by atoms with Gasteiger partial charge in [-0.15, -0.1) is 0 Å². The van der Waals surface area contributed by atoms with E-state index in [-0.39, 0.29) is 5.75 Å². The molecule has 3 aromatic carbocycles. The Hall–Kier alpha value is -3.38. The molecule has 6 nitrogen and oxygen atoms in total. The lowest BCUT2D eigenvalue weighted by molar-refractivity contribution is 0.254. The minimum absolute atomic E-state index is 0.254. The van der Waals surface area contributed by atoms with E-state index in [0.29, 0.717) is 5.75 Å². The Kier molecular flexibility index (Phi) is 6.77. The molecular weight excluding hydrogens is 426 g/mol. The molecule has 1 saturated heterocycles. The predicted molar refractivity (Wildman–Crippen MR) is 137 cm³/mol. The summed E-state index contributed by atoms with van der Waals surface area (Å²) in [6, 6.07) is 21.9. The Bertz CT molecular complexity index is 1110. The molecule has 1 fully saturated rings. The molecule has 3 aromatic rings. The summed E-state index contributed by atoms with van der Waals surface area (Å²) in [6.45, 7) is 8.78. The van der Waals surface area contributed by atoms with Crippen molar-refractivity contribution in [2.45, 2.75) is 19.8 Å². The van der Waals surface area contributed by atoms with Crippen LogP contribution in [0.1, 0.15) is 19.8 Å². The first-order valence-corrected chi connectivity index (χ1v) is 12.3. The van der Waals surface area contributed by atoms with Crippen molar-refractivity contribution < 1.29 is 14.6 Å². The topological polar surface area (TPSA) is 48.4 Å². The van der Waals surface area contributed by atoms with E-state index in [9.17, 15) is 5.11 Å². The number of rotatable bonds is 8. The van der Waals surface area contributed by atoms with Crippen molar-refractivity contribution in [3.8, 4) is 23.0 Å². The first kappa shape index (κ1) is 22.4. The lowest BCUT2D eigenvalue weighted by atomic mass is 10.1. The number of para-hydroxylation sites is 5. The average molecular weight is 460 g/mol. The van der Waals surface area contributed by atoms with E-state index in [2.05, 4.69) is 45.9 Å². The number of piperazine rings is 1. The monoisotopic (exact) mass is 459 g/mol. The number of ether oxygens (including phenoxy) is 2. The Balaban J connectivity index is 1.19. The summed E-state index contributed by atoms with van der Waals surface area (Å²) in [6.07, 6.45) is 2.01. The van der Waals surface area contributed by atoms with Crippen LogP contribution in [0.5, 0.6) is 23.0 Å². The molecule has 0 aromatic heterocycles. The molecule has 0 unspecified atom stereocenters. The van der Waals surface area contributed by atoms with E-state index in [1.165, 1.54) is 5.69 Å². The number of hydrogen-bond acceptors (Lipinski definition) is 6. The van der Waals surface area contributed by atoms with Gasteiger partial charge in [-0.25, -0.2) is 0 Å². The zero-order valence-electron chi connectivity index (χ0n) is 19.8. The third kappa shape index (κ3) is 4.64. The number of nitrogens with zero attached hydrogens (tertiary/aromatic N) is 3. The van der Waals surface area contributed by atoms with E-state index >= 15 is 0 Å². The van der Waals surface area contributed by atoms with Gasteiger partial charge in [0, 0.05) is 32.7 Å². The summed E-state index contributed by atoms with van der Waals surface area (Å²) in [7, 11) is 0. The average Bonchev–Trinajstić information content (AvgIpc) is 2.88. The minimum Gasteiger partial charge on any atom is -0.506 e. The van der Waals surface area contributed by atoms with Crippen molar-refractivity contribution in [2.75, 3.05) is 55.7 Å². The van der Waals surface area contributed by atoms with Gasteiger partial charge in [-0.2, -0.15) is 0 Å². The van der Waals surface area contributed by atoms with Crippen molar-refractivity contribution in [2.24, 2.45) is 0 Å². The highest BCUT2D eigenvalue weighted by Gasteiger charge is 2.27. The van der Waals surface area contributed by atoms with Crippen LogP contribution in [0, 0.1) is 0 Å². The lowest BCUT2D eigenvalue weighted by Crippen LogP contribution is -2.47. The third-order valence-electron chi connectivity index (χ3n) is 6.52. The van der Waals surface area contributed by atoms with E-state index < -0.39 is 0 Å². The van der Waals surface area contributed by atoms with E-state index in [4.69, 9.17) is 9.47 Å². The second kappa shape index (κ2) is 10.3. The number of benzene rings is 3. The Labute approximate surface area is 201 Å². The molecule has 0 aliphatic carbocycles. The minimum atomic E-state index is 0.254. The van der Waals surface area contributed by atoms with Crippen molar-refractivity contribution >= 4 is 17.1 Å². The largest absolute Gasteiger partial charge is 0.506 e. The van der Waals surface area contributed by atoms with Crippen LogP contribution in [0.4, 0.5) is 17.1 Å². The van der Waals surface area contributed by atoms with Crippen molar-refractivity contribution in [3.05, 3.63) is 66.7 Å². The normalized spacial score (nSPS) is 15.4. The Morgan fingerprint density at radius 3 is 2.38 bits per heavy atom. The summed E-state index contributed by atoms with van der Waals surface area (Å²) >= 11 is 0. The SMILES string of the molecule is CCCOc1ccccc1N1CCN(CCCN2c3ccccc3Oc3cccc(O)c32)CC1. The molecule has 2 aliphatic heterocycles. The van der Waals surface area contributed by atoms with E-state index in [1.54, 1.807) is 6.07 Å². The summed E-state index contributed by atoms with van der Waals surface area (Å²) in [4.78, 5) is 7.17. The van der Waals surface area contributed by atoms with Crippen LogP contribution in [0.25, 0.3) is 0 Å². The zero-order chi connectivity index (χ0) is 23.3. The fourth-order valence-electron chi connectivity index (χ4n) is 4.82. The summed E-state index contributed by atoms with van der Waals surface area (Å²) in [5.74, 6) is 2.78. The summed E-state index contributed by atoms with van der Waals surface area (Å²) in [5, 5.41) is 10.6. The van der Waals surface area contributed by atoms with Gasteiger partial charge in [0.1, 0.15) is 17.2 Å². The van der Waals surface area contributed by atoms with Gasteiger partial charge in [0.2, 0.25) is 0 Å². The van der Waals surface area contributed by atoms with Gasteiger partial charge in [-0.1, -0.05) is 37.3 Å². The maximum Gasteiger partial charge on any atom is 0.155 e. The van der Waals surface area contributed by atoms with Gasteiger partial charge in [0.15, 0.2) is 11.5 Å². The number of phenolic OH excluding ortho intramolecular Hbond substituents is 1. The van der Waals surface area contributed by atoms with E-state index in [0.717, 1.165) is 81.6 Å². The first-order chi connectivity index (χ1) is 16.7. The van der Waals surface area contributed by atoms with Crippen LogP contribution in [0.15, 0.2) is 66.7 Å². The second-order valence-electron chi connectivity index (χ2n) is 8.84. The van der Waals surface area contributed by atoms with Gasteiger partial charge in [-0.05, 0) is 55.8 Å². The maximum absolute atomic E-state index is 10.6. The maximum atomic E-state index is 10.6. The first-order valence-electron chi connectivity index (χ1n) is 12.3. The molecular formula is C28H33N3O3. The molecule has 1 N–H and O–H groups in total. The molecule has 0 atom stereocenters. The summed E-state index contributed by atoms with van der Waals surface area (Å²) < 4.78 is 12.0. The third-order valence-corrected chi connectivity index (χ3v) is 6.52. The standard InChI is InChI=1S/C28H33N3O3/c1-2-21-33-25-12-5-3-9-22(25)30-19-17-29(18-20-30)15-8-16-31-23-10-4-6-13-26(23)34-27-14-7-11-24(32)28(27)31/h3-7,9-14,32H,2,8,15-21H2,1H3. The summed E-state index contributed by atoms with van der Waals surface area (Å²) in [5.41, 5.74) is 2.97. The number of phenols is 1. The number of anilines is 3. The molecule has 2 heterocycles. The van der Waals surface area contributed by atoms with Crippen LogP contribution in [0.3, 0.4) is 0 Å². The second-order valence-corrected chi connectivity index (χ2v) is 8.84. The zero-order valence-corrected chi connectivity index (χ0v) is 19.8.